The summed E-state index contributed by atoms with van der Waals surface area (Å²) in [4.78, 5) is 0.188. The standard InChI is InChI=1S/C14H22BrNO2S/c1-3-13(4-2)14(15)10-16-19(17,18)11-12-8-6-5-7-9-12/h5-9,13-14,16H,3-4,10-11H2,1-2H3. The van der Waals surface area contributed by atoms with Gasteiger partial charge in [0.1, 0.15) is 0 Å². The van der Waals surface area contributed by atoms with Gasteiger partial charge in [0.15, 0.2) is 0 Å². The van der Waals surface area contributed by atoms with E-state index < -0.39 is 10.0 Å². The predicted octanol–water partition coefficient (Wildman–Crippen LogP) is 3.31. The zero-order valence-electron chi connectivity index (χ0n) is 11.5. The molecule has 1 aromatic carbocycles. The van der Waals surface area contributed by atoms with Crippen LogP contribution in [-0.2, 0) is 15.8 Å². The normalized spacial score (nSPS) is 13.7. The van der Waals surface area contributed by atoms with Gasteiger partial charge in [-0.1, -0.05) is 73.0 Å². The van der Waals surface area contributed by atoms with Crippen molar-refractivity contribution in [3.63, 3.8) is 0 Å². The summed E-state index contributed by atoms with van der Waals surface area (Å²) in [7, 11) is -3.26. The van der Waals surface area contributed by atoms with Gasteiger partial charge in [0, 0.05) is 11.4 Å². The van der Waals surface area contributed by atoms with Crippen LogP contribution in [0.15, 0.2) is 30.3 Å². The Kier molecular flexibility index (Phi) is 7.04. The zero-order chi connectivity index (χ0) is 14.3. The maximum Gasteiger partial charge on any atom is 0.215 e. The van der Waals surface area contributed by atoms with Gasteiger partial charge in [0.05, 0.1) is 5.75 Å². The van der Waals surface area contributed by atoms with Gasteiger partial charge in [-0.3, -0.25) is 0 Å². The number of nitrogens with one attached hydrogen (secondary N) is 1. The monoisotopic (exact) mass is 347 g/mol. The van der Waals surface area contributed by atoms with Gasteiger partial charge >= 0.3 is 0 Å². The molecule has 0 amide bonds. The highest BCUT2D eigenvalue weighted by atomic mass is 79.9. The summed E-state index contributed by atoms with van der Waals surface area (Å²) in [5, 5.41) is 0. The van der Waals surface area contributed by atoms with Gasteiger partial charge in [-0.05, 0) is 11.5 Å². The lowest BCUT2D eigenvalue weighted by atomic mass is 10.00. The predicted molar refractivity (Wildman–Crippen MR) is 83.9 cm³/mol. The molecule has 0 spiro atoms. The summed E-state index contributed by atoms with van der Waals surface area (Å²) in [5.41, 5.74) is 0.809. The molecular formula is C14H22BrNO2S. The fourth-order valence-corrected chi connectivity index (χ4v) is 4.31. The van der Waals surface area contributed by atoms with Crippen molar-refractivity contribution in [2.45, 2.75) is 37.3 Å². The largest absolute Gasteiger partial charge is 0.215 e. The number of halogens is 1. The van der Waals surface area contributed by atoms with Crippen molar-refractivity contribution in [3.8, 4) is 0 Å². The van der Waals surface area contributed by atoms with E-state index in [1.807, 2.05) is 30.3 Å². The van der Waals surface area contributed by atoms with Crippen molar-refractivity contribution in [1.29, 1.82) is 0 Å². The third-order valence-electron chi connectivity index (χ3n) is 3.26. The Labute approximate surface area is 125 Å². The average molecular weight is 348 g/mol. The summed E-state index contributed by atoms with van der Waals surface area (Å²) >= 11 is 3.58. The first-order valence-corrected chi connectivity index (χ1v) is 9.20. The molecule has 0 aromatic heterocycles. The maximum absolute atomic E-state index is 12.0. The van der Waals surface area contributed by atoms with Gasteiger partial charge in [-0.15, -0.1) is 0 Å². The Morgan fingerprint density at radius 1 is 1.16 bits per heavy atom. The van der Waals surface area contributed by atoms with Crippen LogP contribution < -0.4 is 4.72 Å². The lowest BCUT2D eigenvalue weighted by molar-refractivity contribution is 0.471. The summed E-state index contributed by atoms with van der Waals surface area (Å²) in [5.74, 6) is 0.538. The first-order valence-electron chi connectivity index (χ1n) is 6.63. The Morgan fingerprint density at radius 3 is 2.26 bits per heavy atom. The maximum atomic E-state index is 12.0. The van der Waals surface area contributed by atoms with Crippen molar-refractivity contribution >= 4 is 26.0 Å². The molecule has 1 unspecified atom stereocenters. The van der Waals surface area contributed by atoms with E-state index in [1.54, 1.807) is 0 Å². The molecule has 3 nitrogen and oxygen atoms in total. The topological polar surface area (TPSA) is 46.2 Å². The second-order valence-corrected chi connectivity index (χ2v) is 7.67. The molecule has 1 atom stereocenters. The molecule has 0 fully saturated rings. The molecule has 1 aromatic rings. The van der Waals surface area contributed by atoms with E-state index in [9.17, 15) is 8.42 Å². The minimum atomic E-state index is -3.26. The summed E-state index contributed by atoms with van der Waals surface area (Å²) < 4.78 is 26.6. The fraction of sp³-hybridized carbons (Fsp3) is 0.571. The Hall–Kier alpha value is -0.390. The van der Waals surface area contributed by atoms with E-state index in [0.29, 0.717) is 12.5 Å². The smallest absolute Gasteiger partial charge is 0.214 e. The van der Waals surface area contributed by atoms with Crippen LogP contribution in [0.2, 0.25) is 0 Å². The second-order valence-electron chi connectivity index (χ2n) is 4.69. The molecule has 0 aliphatic carbocycles. The van der Waals surface area contributed by atoms with E-state index in [0.717, 1.165) is 18.4 Å². The third kappa shape index (κ3) is 6.06. The van der Waals surface area contributed by atoms with Crippen LogP contribution in [0.4, 0.5) is 0 Å². The lowest BCUT2D eigenvalue weighted by Crippen LogP contribution is -2.33. The Balaban J connectivity index is 2.52. The minimum Gasteiger partial charge on any atom is -0.214 e. The molecule has 0 aliphatic rings. The molecule has 108 valence electrons. The molecular weight excluding hydrogens is 326 g/mol. The third-order valence-corrected chi connectivity index (χ3v) is 5.65. The Morgan fingerprint density at radius 2 is 1.74 bits per heavy atom. The molecule has 0 heterocycles. The van der Waals surface area contributed by atoms with Crippen molar-refractivity contribution in [2.75, 3.05) is 6.54 Å². The van der Waals surface area contributed by atoms with Gasteiger partial charge in [-0.2, -0.15) is 0 Å². The van der Waals surface area contributed by atoms with E-state index in [2.05, 4.69) is 34.5 Å². The summed E-state index contributed by atoms with van der Waals surface area (Å²) in [6.07, 6.45) is 2.10. The van der Waals surface area contributed by atoms with E-state index >= 15 is 0 Å². The molecule has 0 radical (unpaired) electrons. The SMILES string of the molecule is CCC(CC)C(Br)CNS(=O)(=O)Cc1ccccc1. The highest BCUT2D eigenvalue weighted by Crippen LogP contribution is 2.19. The van der Waals surface area contributed by atoms with Crippen molar-refractivity contribution in [3.05, 3.63) is 35.9 Å². The number of sulfonamides is 1. The van der Waals surface area contributed by atoms with Gasteiger partial charge in [-0.25, -0.2) is 13.1 Å². The van der Waals surface area contributed by atoms with Crippen LogP contribution in [0.25, 0.3) is 0 Å². The second kappa shape index (κ2) is 8.02. The van der Waals surface area contributed by atoms with Crippen LogP contribution in [-0.4, -0.2) is 19.8 Å². The molecule has 5 heteroatoms. The number of hydrogen-bond donors (Lipinski definition) is 1. The number of benzene rings is 1. The lowest BCUT2D eigenvalue weighted by Gasteiger charge is -2.19. The van der Waals surface area contributed by atoms with Crippen LogP contribution in [0.5, 0.6) is 0 Å². The van der Waals surface area contributed by atoms with Crippen molar-refractivity contribution in [1.82, 2.24) is 4.72 Å². The molecule has 1 N–H and O–H groups in total. The number of rotatable bonds is 8. The van der Waals surface area contributed by atoms with Gasteiger partial charge < -0.3 is 0 Å². The van der Waals surface area contributed by atoms with Gasteiger partial charge in [0.2, 0.25) is 10.0 Å². The highest BCUT2D eigenvalue weighted by Gasteiger charge is 2.18. The van der Waals surface area contributed by atoms with Crippen LogP contribution in [0.3, 0.4) is 0 Å². The minimum absolute atomic E-state index is 0.0382. The molecule has 1 rings (SSSR count). The van der Waals surface area contributed by atoms with Crippen LogP contribution in [0, 0.1) is 5.92 Å². The van der Waals surface area contributed by atoms with Crippen LogP contribution in [0.1, 0.15) is 32.3 Å². The van der Waals surface area contributed by atoms with Gasteiger partial charge in [0.25, 0.3) is 0 Å². The number of alkyl halides is 1. The van der Waals surface area contributed by atoms with E-state index in [4.69, 9.17) is 0 Å². The van der Waals surface area contributed by atoms with Crippen molar-refractivity contribution in [2.24, 2.45) is 5.92 Å². The summed E-state index contributed by atoms with van der Waals surface area (Å²) in [6, 6.07) is 9.23. The first kappa shape index (κ1) is 16.7. The molecule has 0 aliphatic heterocycles. The van der Waals surface area contributed by atoms with Crippen LogP contribution >= 0.6 is 15.9 Å². The molecule has 0 saturated carbocycles. The number of hydrogen-bond acceptors (Lipinski definition) is 2. The quantitative estimate of drug-likeness (QED) is 0.733. The first-order chi connectivity index (χ1) is 8.98. The zero-order valence-corrected chi connectivity index (χ0v) is 13.9. The summed E-state index contributed by atoms with van der Waals surface area (Å²) in [6.45, 7) is 4.70. The highest BCUT2D eigenvalue weighted by molar-refractivity contribution is 9.09. The van der Waals surface area contributed by atoms with Crippen molar-refractivity contribution < 1.29 is 8.42 Å². The van der Waals surface area contributed by atoms with E-state index in [1.165, 1.54) is 0 Å². The molecule has 19 heavy (non-hydrogen) atoms. The molecule has 0 bridgehead atoms. The average Bonchev–Trinajstić information content (AvgIpc) is 2.38. The molecule has 0 saturated heterocycles. The van der Waals surface area contributed by atoms with E-state index in [-0.39, 0.29) is 10.6 Å². The Bertz CT molecular complexity index is 458. The fourth-order valence-electron chi connectivity index (χ4n) is 2.02.